The number of pyridine rings is 2. The lowest BCUT2D eigenvalue weighted by Gasteiger charge is -2.03. The van der Waals surface area contributed by atoms with Crippen LogP contribution in [0.15, 0.2) is 30.7 Å². The molecule has 4 rings (SSSR count). The SMILES string of the molecule is Nc1cc(-c2c[nH]c3ncc(F)cc23)c2nnnn2c1. The number of tetrazole rings is 1. The van der Waals surface area contributed by atoms with Crippen LogP contribution in [0, 0.1) is 5.82 Å². The fourth-order valence-electron chi connectivity index (χ4n) is 2.27. The van der Waals surface area contributed by atoms with E-state index in [1.54, 1.807) is 18.5 Å². The third-order valence-electron chi connectivity index (χ3n) is 3.10. The number of H-pyrrole nitrogens is 1. The maximum atomic E-state index is 13.4. The fraction of sp³-hybridized carbons (Fsp3) is 0. The summed E-state index contributed by atoms with van der Waals surface area (Å²) >= 11 is 0. The highest BCUT2D eigenvalue weighted by atomic mass is 19.1. The molecule has 8 heteroatoms. The Morgan fingerprint density at radius 3 is 3.05 bits per heavy atom. The van der Waals surface area contributed by atoms with E-state index in [4.69, 9.17) is 5.73 Å². The van der Waals surface area contributed by atoms with Crippen molar-refractivity contribution in [2.45, 2.75) is 0 Å². The Morgan fingerprint density at radius 1 is 1.25 bits per heavy atom. The molecule has 0 saturated carbocycles. The minimum atomic E-state index is -0.405. The summed E-state index contributed by atoms with van der Waals surface area (Å²) in [7, 11) is 0. The predicted molar refractivity (Wildman–Crippen MR) is 70.2 cm³/mol. The van der Waals surface area contributed by atoms with E-state index >= 15 is 0 Å². The van der Waals surface area contributed by atoms with Crippen LogP contribution in [0.4, 0.5) is 10.1 Å². The Bertz CT molecular complexity index is 939. The lowest BCUT2D eigenvalue weighted by Crippen LogP contribution is -1.95. The van der Waals surface area contributed by atoms with Gasteiger partial charge in [0, 0.05) is 22.7 Å². The molecule has 0 radical (unpaired) electrons. The zero-order chi connectivity index (χ0) is 13.7. The number of hydrogen-bond donors (Lipinski definition) is 2. The number of nitrogens with zero attached hydrogens (tertiary/aromatic N) is 5. The Kier molecular flexibility index (Phi) is 2.02. The largest absolute Gasteiger partial charge is 0.397 e. The van der Waals surface area contributed by atoms with Crippen molar-refractivity contribution >= 4 is 22.4 Å². The number of anilines is 1. The lowest BCUT2D eigenvalue weighted by molar-refractivity contribution is 0.624. The molecule has 0 bridgehead atoms. The summed E-state index contributed by atoms with van der Waals surface area (Å²) in [6, 6.07) is 3.16. The van der Waals surface area contributed by atoms with E-state index in [1.165, 1.54) is 10.6 Å². The first kappa shape index (κ1) is 10.9. The van der Waals surface area contributed by atoms with Crippen LogP contribution in [0.25, 0.3) is 27.8 Å². The van der Waals surface area contributed by atoms with Crippen molar-refractivity contribution in [1.29, 1.82) is 0 Å². The molecule has 0 saturated heterocycles. The number of fused-ring (bicyclic) bond motifs is 2. The van der Waals surface area contributed by atoms with Crippen LogP contribution in [-0.4, -0.2) is 30.0 Å². The highest BCUT2D eigenvalue weighted by Crippen LogP contribution is 2.31. The number of aromatic amines is 1. The normalized spacial score (nSPS) is 11.4. The molecule has 0 fully saturated rings. The maximum absolute atomic E-state index is 13.4. The maximum Gasteiger partial charge on any atom is 0.187 e. The van der Waals surface area contributed by atoms with E-state index in [0.29, 0.717) is 27.9 Å². The summed E-state index contributed by atoms with van der Waals surface area (Å²) in [5.74, 6) is -0.405. The molecule has 98 valence electrons. The predicted octanol–water partition coefficient (Wildman–Crippen LogP) is 1.39. The van der Waals surface area contributed by atoms with Gasteiger partial charge in [-0.15, -0.1) is 5.10 Å². The van der Waals surface area contributed by atoms with Gasteiger partial charge in [-0.3, -0.25) is 0 Å². The zero-order valence-corrected chi connectivity index (χ0v) is 10.1. The topological polar surface area (TPSA) is 97.8 Å². The quantitative estimate of drug-likeness (QED) is 0.544. The van der Waals surface area contributed by atoms with Crippen molar-refractivity contribution in [3.05, 3.63) is 36.5 Å². The molecule has 3 N–H and O–H groups in total. The summed E-state index contributed by atoms with van der Waals surface area (Å²) in [4.78, 5) is 6.99. The van der Waals surface area contributed by atoms with Crippen molar-refractivity contribution in [3.63, 3.8) is 0 Å². The number of hydrogen-bond acceptors (Lipinski definition) is 5. The number of nitrogen functional groups attached to an aromatic ring is 1. The van der Waals surface area contributed by atoms with Crippen LogP contribution >= 0.6 is 0 Å². The third-order valence-corrected chi connectivity index (χ3v) is 3.10. The van der Waals surface area contributed by atoms with Gasteiger partial charge in [0.2, 0.25) is 0 Å². The Labute approximate surface area is 111 Å². The van der Waals surface area contributed by atoms with Crippen molar-refractivity contribution in [1.82, 2.24) is 30.0 Å². The van der Waals surface area contributed by atoms with E-state index in [0.717, 1.165) is 11.8 Å². The monoisotopic (exact) mass is 269 g/mol. The van der Waals surface area contributed by atoms with E-state index in [9.17, 15) is 4.39 Å². The highest BCUT2D eigenvalue weighted by Gasteiger charge is 2.14. The molecule has 0 aliphatic heterocycles. The molecule has 4 heterocycles. The standard InChI is InChI=1S/C12H8FN7/c13-6-1-8-10(4-16-11(8)15-3-6)9-2-7(14)5-20-12(9)17-18-19-20/h1-5H,14H2,(H,15,16). The van der Waals surface area contributed by atoms with Gasteiger partial charge in [0.25, 0.3) is 0 Å². The number of halogens is 1. The zero-order valence-electron chi connectivity index (χ0n) is 10.1. The number of nitrogens with one attached hydrogen (secondary N) is 1. The van der Waals surface area contributed by atoms with Gasteiger partial charge >= 0.3 is 0 Å². The van der Waals surface area contributed by atoms with Gasteiger partial charge in [0.05, 0.1) is 18.1 Å². The van der Waals surface area contributed by atoms with Gasteiger partial charge in [-0.2, -0.15) is 4.52 Å². The lowest BCUT2D eigenvalue weighted by atomic mass is 10.1. The second kappa shape index (κ2) is 3.73. The van der Waals surface area contributed by atoms with Crippen molar-refractivity contribution in [3.8, 4) is 11.1 Å². The van der Waals surface area contributed by atoms with Crippen LogP contribution in [-0.2, 0) is 0 Å². The second-order valence-corrected chi connectivity index (χ2v) is 4.39. The smallest absolute Gasteiger partial charge is 0.187 e. The molecule has 0 unspecified atom stereocenters. The fourth-order valence-corrected chi connectivity index (χ4v) is 2.27. The molecule has 0 spiro atoms. The van der Waals surface area contributed by atoms with Gasteiger partial charge in [-0.05, 0) is 22.6 Å². The van der Waals surface area contributed by atoms with E-state index in [2.05, 4.69) is 25.5 Å². The summed E-state index contributed by atoms with van der Waals surface area (Å²) in [6.45, 7) is 0. The third kappa shape index (κ3) is 1.44. The van der Waals surface area contributed by atoms with Crippen LogP contribution in [0.2, 0.25) is 0 Å². The minimum absolute atomic E-state index is 0.405. The number of aromatic nitrogens is 6. The molecule has 0 atom stereocenters. The molecule has 0 aromatic carbocycles. The first-order chi connectivity index (χ1) is 9.72. The average Bonchev–Trinajstić information content (AvgIpc) is 3.03. The van der Waals surface area contributed by atoms with Crippen molar-refractivity contribution < 1.29 is 4.39 Å². The summed E-state index contributed by atoms with van der Waals surface area (Å²) in [5, 5.41) is 12.1. The van der Waals surface area contributed by atoms with Gasteiger partial charge in [0.1, 0.15) is 11.5 Å². The molecule has 4 aromatic rings. The molecular weight excluding hydrogens is 261 g/mol. The van der Waals surface area contributed by atoms with Crippen molar-refractivity contribution in [2.24, 2.45) is 0 Å². The molecule has 7 nitrogen and oxygen atoms in total. The summed E-state index contributed by atoms with van der Waals surface area (Å²) < 4.78 is 14.9. The highest BCUT2D eigenvalue weighted by molar-refractivity contribution is 5.97. The van der Waals surface area contributed by atoms with Gasteiger partial charge in [-0.25, -0.2) is 9.37 Å². The van der Waals surface area contributed by atoms with Crippen molar-refractivity contribution in [2.75, 3.05) is 5.73 Å². The average molecular weight is 269 g/mol. The molecular formula is C12H8FN7. The molecule has 4 aromatic heterocycles. The summed E-state index contributed by atoms with van der Waals surface area (Å²) in [6.07, 6.45) is 4.52. The van der Waals surface area contributed by atoms with E-state index in [1.807, 2.05) is 0 Å². The summed E-state index contributed by atoms with van der Waals surface area (Å²) in [5.41, 5.74) is 8.96. The molecule has 0 aliphatic rings. The molecule has 20 heavy (non-hydrogen) atoms. The van der Waals surface area contributed by atoms with Gasteiger partial charge < -0.3 is 10.7 Å². The first-order valence-corrected chi connectivity index (χ1v) is 5.82. The molecule has 0 amide bonds. The van der Waals surface area contributed by atoms with Crippen LogP contribution in [0.1, 0.15) is 0 Å². The Hall–Kier alpha value is -3.03. The van der Waals surface area contributed by atoms with Gasteiger partial charge in [0.15, 0.2) is 5.65 Å². The number of rotatable bonds is 1. The molecule has 0 aliphatic carbocycles. The number of nitrogens with two attached hydrogens (primary N) is 1. The van der Waals surface area contributed by atoms with Gasteiger partial charge in [-0.1, -0.05) is 0 Å². The minimum Gasteiger partial charge on any atom is -0.397 e. The second-order valence-electron chi connectivity index (χ2n) is 4.39. The Morgan fingerprint density at radius 2 is 2.15 bits per heavy atom. The Balaban J connectivity index is 2.10. The van der Waals surface area contributed by atoms with E-state index < -0.39 is 5.82 Å². The van der Waals surface area contributed by atoms with E-state index in [-0.39, 0.29) is 0 Å². The first-order valence-electron chi connectivity index (χ1n) is 5.82. The van der Waals surface area contributed by atoms with Crippen LogP contribution < -0.4 is 5.73 Å². The van der Waals surface area contributed by atoms with Crippen LogP contribution in [0.3, 0.4) is 0 Å². The van der Waals surface area contributed by atoms with Crippen LogP contribution in [0.5, 0.6) is 0 Å².